The summed E-state index contributed by atoms with van der Waals surface area (Å²) in [4.78, 5) is 24.2. The van der Waals surface area contributed by atoms with Crippen LogP contribution < -0.4 is 5.73 Å². The molecule has 0 spiro atoms. The second-order valence-electron chi connectivity index (χ2n) is 4.50. The fourth-order valence-corrected chi connectivity index (χ4v) is 2.17. The SMILES string of the molecule is CC(C)N(CC(N)=O)C1CCC(=O)CC1. The molecule has 1 amide bonds. The molecule has 4 nitrogen and oxygen atoms in total. The van der Waals surface area contributed by atoms with Gasteiger partial charge >= 0.3 is 0 Å². The van der Waals surface area contributed by atoms with E-state index in [2.05, 4.69) is 18.7 Å². The topological polar surface area (TPSA) is 63.4 Å². The van der Waals surface area contributed by atoms with E-state index in [1.165, 1.54) is 0 Å². The molecule has 1 aliphatic rings. The van der Waals surface area contributed by atoms with Crippen LogP contribution in [0.1, 0.15) is 39.5 Å². The molecule has 0 heterocycles. The van der Waals surface area contributed by atoms with Gasteiger partial charge in [-0.15, -0.1) is 0 Å². The van der Waals surface area contributed by atoms with E-state index in [0.717, 1.165) is 12.8 Å². The minimum Gasteiger partial charge on any atom is -0.369 e. The second-order valence-corrected chi connectivity index (χ2v) is 4.50. The van der Waals surface area contributed by atoms with Gasteiger partial charge in [-0.05, 0) is 26.7 Å². The zero-order valence-electron chi connectivity index (χ0n) is 9.53. The van der Waals surface area contributed by atoms with E-state index in [1.54, 1.807) is 0 Å². The smallest absolute Gasteiger partial charge is 0.231 e. The monoisotopic (exact) mass is 212 g/mol. The summed E-state index contributed by atoms with van der Waals surface area (Å²) in [6, 6.07) is 0.644. The molecule has 86 valence electrons. The first kappa shape index (κ1) is 12.2. The standard InChI is InChI=1S/C11H20N2O2/c1-8(2)13(7-11(12)15)9-3-5-10(14)6-4-9/h8-9H,3-7H2,1-2H3,(H2,12,15). The minimum absolute atomic E-state index is 0.291. The molecule has 0 radical (unpaired) electrons. The molecule has 0 unspecified atom stereocenters. The Morgan fingerprint density at radius 3 is 2.40 bits per heavy atom. The third-order valence-corrected chi connectivity index (χ3v) is 2.98. The van der Waals surface area contributed by atoms with Crippen LogP contribution in [-0.2, 0) is 9.59 Å². The van der Waals surface area contributed by atoms with Crippen LogP contribution in [0.15, 0.2) is 0 Å². The van der Waals surface area contributed by atoms with E-state index in [9.17, 15) is 9.59 Å². The summed E-state index contributed by atoms with van der Waals surface area (Å²) in [6.07, 6.45) is 3.02. The summed E-state index contributed by atoms with van der Waals surface area (Å²) in [5.41, 5.74) is 5.22. The predicted molar refractivity (Wildman–Crippen MR) is 58.3 cm³/mol. The normalized spacial score (nSPS) is 18.8. The number of nitrogens with two attached hydrogens (primary N) is 1. The number of amides is 1. The van der Waals surface area contributed by atoms with Gasteiger partial charge in [-0.2, -0.15) is 0 Å². The largest absolute Gasteiger partial charge is 0.369 e. The fraction of sp³-hybridized carbons (Fsp3) is 0.818. The number of rotatable bonds is 4. The summed E-state index contributed by atoms with van der Waals surface area (Å²) in [6.45, 7) is 4.41. The zero-order valence-corrected chi connectivity index (χ0v) is 9.53. The van der Waals surface area contributed by atoms with E-state index in [0.29, 0.717) is 37.3 Å². The van der Waals surface area contributed by atoms with Crippen molar-refractivity contribution in [2.24, 2.45) is 5.73 Å². The van der Waals surface area contributed by atoms with Gasteiger partial charge in [0.15, 0.2) is 0 Å². The maximum Gasteiger partial charge on any atom is 0.231 e. The van der Waals surface area contributed by atoms with Gasteiger partial charge in [0, 0.05) is 24.9 Å². The minimum atomic E-state index is -0.291. The van der Waals surface area contributed by atoms with Crippen LogP contribution >= 0.6 is 0 Å². The number of hydrogen-bond acceptors (Lipinski definition) is 3. The molecule has 0 aliphatic heterocycles. The maximum absolute atomic E-state index is 11.1. The first-order chi connectivity index (χ1) is 7.00. The lowest BCUT2D eigenvalue weighted by molar-refractivity contribution is -0.122. The van der Waals surface area contributed by atoms with Crippen molar-refractivity contribution >= 4 is 11.7 Å². The first-order valence-corrected chi connectivity index (χ1v) is 5.56. The van der Waals surface area contributed by atoms with Crippen molar-refractivity contribution in [2.75, 3.05) is 6.54 Å². The molecule has 0 atom stereocenters. The summed E-state index contributed by atoms with van der Waals surface area (Å²) >= 11 is 0. The van der Waals surface area contributed by atoms with Gasteiger partial charge < -0.3 is 5.73 Å². The summed E-state index contributed by atoms with van der Waals surface area (Å²) in [5, 5.41) is 0. The maximum atomic E-state index is 11.1. The van der Waals surface area contributed by atoms with Crippen molar-refractivity contribution in [3.63, 3.8) is 0 Å². The van der Waals surface area contributed by atoms with Crippen molar-refractivity contribution in [3.8, 4) is 0 Å². The highest BCUT2D eigenvalue weighted by atomic mass is 16.1. The number of ketones is 1. The van der Waals surface area contributed by atoms with Crippen LogP contribution in [-0.4, -0.2) is 35.2 Å². The quantitative estimate of drug-likeness (QED) is 0.746. The molecule has 0 aromatic rings. The average molecular weight is 212 g/mol. The van der Waals surface area contributed by atoms with Gasteiger partial charge in [0.1, 0.15) is 5.78 Å². The molecule has 2 N–H and O–H groups in total. The highest BCUT2D eigenvalue weighted by Crippen LogP contribution is 2.21. The number of Topliss-reactive ketones (excluding diaryl/α,β-unsaturated/α-hetero) is 1. The van der Waals surface area contributed by atoms with Gasteiger partial charge in [0.2, 0.25) is 5.91 Å². The van der Waals surface area contributed by atoms with Gasteiger partial charge in [-0.1, -0.05) is 0 Å². The summed E-state index contributed by atoms with van der Waals surface area (Å²) < 4.78 is 0. The lowest BCUT2D eigenvalue weighted by Gasteiger charge is -2.35. The molecule has 0 saturated heterocycles. The average Bonchev–Trinajstić information content (AvgIpc) is 2.15. The van der Waals surface area contributed by atoms with E-state index in [1.807, 2.05) is 0 Å². The van der Waals surface area contributed by atoms with E-state index in [4.69, 9.17) is 5.73 Å². The molecule has 0 aromatic heterocycles. The lowest BCUT2D eigenvalue weighted by Crippen LogP contribution is -2.46. The third kappa shape index (κ3) is 3.63. The summed E-state index contributed by atoms with van der Waals surface area (Å²) in [7, 11) is 0. The fourth-order valence-electron chi connectivity index (χ4n) is 2.17. The highest BCUT2D eigenvalue weighted by molar-refractivity contribution is 5.79. The van der Waals surface area contributed by atoms with E-state index >= 15 is 0 Å². The zero-order chi connectivity index (χ0) is 11.4. The van der Waals surface area contributed by atoms with Crippen molar-refractivity contribution in [1.29, 1.82) is 0 Å². The molecule has 15 heavy (non-hydrogen) atoms. The Hall–Kier alpha value is -0.900. The number of hydrogen-bond donors (Lipinski definition) is 1. The number of primary amides is 1. The molecule has 0 bridgehead atoms. The Morgan fingerprint density at radius 2 is 2.00 bits per heavy atom. The van der Waals surface area contributed by atoms with Crippen molar-refractivity contribution in [1.82, 2.24) is 4.90 Å². The van der Waals surface area contributed by atoms with Crippen LogP contribution in [0.5, 0.6) is 0 Å². The number of nitrogens with zero attached hydrogens (tertiary/aromatic N) is 1. The molecule has 1 rings (SSSR count). The number of carbonyl (C=O) groups is 2. The molecule has 0 aromatic carbocycles. The van der Waals surface area contributed by atoms with Gasteiger partial charge in [0.05, 0.1) is 6.54 Å². The second kappa shape index (κ2) is 5.26. The van der Waals surface area contributed by atoms with Gasteiger partial charge in [-0.3, -0.25) is 14.5 Å². The van der Waals surface area contributed by atoms with E-state index in [-0.39, 0.29) is 5.91 Å². The van der Waals surface area contributed by atoms with Crippen LogP contribution in [0.25, 0.3) is 0 Å². The van der Waals surface area contributed by atoms with Gasteiger partial charge in [0.25, 0.3) is 0 Å². The van der Waals surface area contributed by atoms with Crippen molar-refractivity contribution in [3.05, 3.63) is 0 Å². The lowest BCUT2D eigenvalue weighted by atomic mass is 9.92. The third-order valence-electron chi connectivity index (χ3n) is 2.98. The Morgan fingerprint density at radius 1 is 1.47 bits per heavy atom. The Labute approximate surface area is 90.8 Å². The van der Waals surface area contributed by atoms with Crippen molar-refractivity contribution < 1.29 is 9.59 Å². The van der Waals surface area contributed by atoms with E-state index < -0.39 is 0 Å². The Balaban J connectivity index is 2.55. The molecular weight excluding hydrogens is 192 g/mol. The van der Waals surface area contributed by atoms with Crippen LogP contribution in [0.3, 0.4) is 0 Å². The van der Waals surface area contributed by atoms with Crippen LogP contribution in [0.4, 0.5) is 0 Å². The summed E-state index contributed by atoms with van der Waals surface area (Å²) in [5.74, 6) is 0.0506. The Bertz CT molecular complexity index is 241. The molecular formula is C11H20N2O2. The Kier molecular flexibility index (Phi) is 4.27. The predicted octanol–water partition coefficient (Wildman–Crippen LogP) is 0.694. The van der Waals surface area contributed by atoms with Gasteiger partial charge in [-0.25, -0.2) is 0 Å². The molecule has 4 heteroatoms. The van der Waals surface area contributed by atoms with Crippen LogP contribution in [0, 0.1) is 0 Å². The first-order valence-electron chi connectivity index (χ1n) is 5.56. The van der Waals surface area contributed by atoms with Crippen molar-refractivity contribution in [2.45, 2.75) is 51.6 Å². The molecule has 1 aliphatic carbocycles. The molecule has 1 fully saturated rings. The van der Waals surface area contributed by atoms with Crippen LogP contribution in [0.2, 0.25) is 0 Å². The molecule has 1 saturated carbocycles. The highest BCUT2D eigenvalue weighted by Gasteiger charge is 2.26. The number of carbonyl (C=O) groups excluding carboxylic acids is 2.